The second kappa shape index (κ2) is 6.34. The fraction of sp³-hybridized carbons (Fsp3) is 0.550. The molecule has 4 heteroatoms. The maximum absolute atomic E-state index is 11.0. The van der Waals surface area contributed by atoms with Crippen molar-refractivity contribution >= 4 is 12.0 Å². The second-order valence-corrected chi connectivity index (χ2v) is 8.06. The third kappa shape index (κ3) is 3.01. The lowest BCUT2D eigenvalue weighted by atomic mass is 9.75. The average Bonchev–Trinajstić information content (AvgIpc) is 2.97. The van der Waals surface area contributed by atoms with Gasteiger partial charge in [-0.3, -0.25) is 10.0 Å². The highest BCUT2D eigenvalue weighted by Gasteiger charge is 2.56. The standard InChI is InChI=1S/C20H26N2O2/c23-19(22-24)6-5-14-1-3-15(4-2-14)12-21-13-20-10-16-7-17(11-20)9-18(20)8-16/h1-6,16-18,21,24H,7-13H2,(H,22,23)/b6-5+. The third-order valence-corrected chi connectivity index (χ3v) is 6.48. The molecule has 1 aromatic carbocycles. The quantitative estimate of drug-likeness (QED) is 0.428. The number of rotatable bonds is 6. The minimum atomic E-state index is -0.513. The van der Waals surface area contributed by atoms with Gasteiger partial charge in [0.25, 0.3) is 5.91 Å². The van der Waals surface area contributed by atoms with E-state index in [0.717, 1.165) is 29.9 Å². The zero-order valence-corrected chi connectivity index (χ0v) is 14.0. The number of hydrogen-bond donors (Lipinski definition) is 3. The SMILES string of the molecule is O=C(/C=C/c1ccc(CNCC23CC4CC(CC2C4)C3)cc1)NO. The van der Waals surface area contributed by atoms with Crippen molar-refractivity contribution < 1.29 is 10.0 Å². The number of hydrogen-bond acceptors (Lipinski definition) is 3. The summed E-state index contributed by atoms with van der Waals surface area (Å²) in [6.45, 7) is 2.08. The number of benzene rings is 1. The van der Waals surface area contributed by atoms with E-state index in [4.69, 9.17) is 5.21 Å². The molecular weight excluding hydrogens is 300 g/mol. The molecule has 4 fully saturated rings. The molecule has 128 valence electrons. The largest absolute Gasteiger partial charge is 0.312 e. The summed E-state index contributed by atoms with van der Waals surface area (Å²) < 4.78 is 0. The van der Waals surface area contributed by atoms with E-state index in [1.807, 2.05) is 12.1 Å². The van der Waals surface area contributed by atoms with Crippen molar-refractivity contribution in [2.45, 2.75) is 38.6 Å². The predicted molar refractivity (Wildman–Crippen MR) is 93.1 cm³/mol. The number of carbonyl (C=O) groups excluding carboxylic acids is 1. The fourth-order valence-electron chi connectivity index (χ4n) is 5.66. The van der Waals surface area contributed by atoms with Gasteiger partial charge in [0, 0.05) is 19.2 Å². The van der Waals surface area contributed by atoms with Crippen molar-refractivity contribution in [3.63, 3.8) is 0 Å². The molecule has 3 N–H and O–H groups in total. The van der Waals surface area contributed by atoms with E-state index < -0.39 is 5.91 Å². The van der Waals surface area contributed by atoms with Gasteiger partial charge in [-0.2, -0.15) is 0 Å². The molecule has 0 saturated heterocycles. The summed E-state index contributed by atoms with van der Waals surface area (Å²) in [5.41, 5.74) is 4.42. The monoisotopic (exact) mass is 326 g/mol. The van der Waals surface area contributed by atoms with Gasteiger partial charge in [-0.15, -0.1) is 0 Å². The number of nitrogens with one attached hydrogen (secondary N) is 2. The minimum absolute atomic E-state index is 0.513. The molecular formula is C20H26N2O2. The molecule has 5 rings (SSSR count). The third-order valence-electron chi connectivity index (χ3n) is 6.48. The van der Waals surface area contributed by atoms with Gasteiger partial charge in [0.15, 0.2) is 0 Å². The fourth-order valence-corrected chi connectivity index (χ4v) is 5.66. The predicted octanol–water partition coefficient (Wildman–Crippen LogP) is 3.12. The molecule has 0 spiro atoms. The first-order valence-corrected chi connectivity index (χ1v) is 9.09. The van der Waals surface area contributed by atoms with Crippen LogP contribution in [-0.4, -0.2) is 17.7 Å². The average molecular weight is 326 g/mol. The number of amides is 1. The van der Waals surface area contributed by atoms with Crippen molar-refractivity contribution in [2.24, 2.45) is 23.2 Å². The van der Waals surface area contributed by atoms with Crippen LogP contribution in [-0.2, 0) is 11.3 Å². The maximum atomic E-state index is 11.0. The van der Waals surface area contributed by atoms with Crippen molar-refractivity contribution in [3.8, 4) is 0 Å². The van der Waals surface area contributed by atoms with Crippen LogP contribution in [0.1, 0.15) is 43.2 Å². The topological polar surface area (TPSA) is 61.4 Å². The molecule has 2 unspecified atom stereocenters. The van der Waals surface area contributed by atoms with Crippen molar-refractivity contribution in [2.75, 3.05) is 6.54 Å². The summed E-state index contributed by atoms with van der Waals surface area (Å²) in [5, 5.41) is 12.2. The molecule has 0 heterocycles. The molecule has 0 radical (unpaired) electrons. The minimum Gasteiger partial charge on any atom is -0.312 e. The molecule has 4 nitrogen and oxygen atoms in total. The smallest absolute Gasteiger partial charge is 0.267 e. The molecule has 0 aromatic heterocycles. The van der Waals surface area contributed by atoms with Crippen LogP contribution in [0.3, 0.4) is 0 Å². The highest BCUT2D eigenvalue weighted by molar-refractivity contribution is 5.90. The van der Waals surface area contributed by atoms with Crippen molar-refractivity contribution in [1.29, 1.82) is 0 Å². The van der Waals surface area contributed by atoms with Gasteiger partial charge < -0.3 is 5.32 Å². The van der Waals surface area contributed by atoms with Crippen LogP contribution in [0.5, 0.6) is 0 Å². The zero-order valence-electron chi connectivity index (χ0n) is 14.0. The zero-order chi connectivity index (χ0) is 16.6. The van der Waals surface area contributed by atoms with Crippen LogP contribution in [0.25, 0.3) is 6.08 Å². The Hall–Kier alpha value is -1.65. The molecule has 4 aliphatic carbocycles. The molecule has 0 aliphatic heterocycles. The Labute approximate surface area is 143 Å². The van der Waals surface area contributed by atoms with Crippen LogP contribution in [0.15, 0.2) is 30.3 Å². The number of carbonyl (C=O) groups is 1. The Morgan fingerprint density at radius 2 is 1.88 bits per heavy atom. The van der Waals surface area contributed by atoms with Crippen LogP contribution >= 0.6 is 0 Å². The highest BCUT2D eigenvalue weighted by Crippen LogP contribution is 2.65. The van der Waals surface area contributed by atoms with Gasteiger partial charge in [0.2, 0.25) is 0 Å². The van der Waals surface area contributed by atoms with E-state index >= 15 is 0 Å². The summed E-state index contributed by atoms with van der Waals surface area (Å²) in [7, 11) is 0. The van der Waals surface area contributed by atoms with Gasteiger partial charge in [-0.05, 0) is 72.5 Å². The second-order valence-electron chi connectivity index (χ2n) is 8.06. The van der Waals surface area contributed by atoms with Gasteiger partial charge in [0.05, 0.1) is 0 Å². The maximum Gasteiger partial charge on any atom is 0.267 e. The summed E-state index contributed by atoms with van der Waals surface area (Å²) in [6, 6.07) is 8.19. The van der Waals surface area contributed by atoms with Gasteiger partial charge in [0.1, 0.15) is 0 Å². The molecule has 24 heavy (non-hydrogen) atoms. The van der Waals surface area contributed by atoms with Crippen molar-refractivity contribution in [1.82, 2.24) is 10.8 Å². The van der Waals surface area contributed by atoms with E-state index in [1.165, 1.54) is 50.3 Å². The van der Waals surface area contributed by atoms with Crippen LogP contribution in [0.2, 0.25) is 0 Å². The molecule has 1 amide bonds. The molecule has 2 atom stereocenters. The van der Waals surface area contributed by atoms with Crippen LogP contribution in [0, 0.1) is 23.2 Å². The lowest BCUT2D eigenvalue weighted by molar-refractivity contribution is -0.124. The Morgan fingerprint density at radius 3 is 2.54 bits per heavy atom. The first-order valence-electron chi connectivity index (χ1n) is 9.09. The van der Waals surface area contributed by atoms with Gasteiger partial charge in [-0.1, -0.05) is 24.3 Å². The molecule has 4 bridgehead atoms. The molecule has 1 aromatic rings. The Morgan fingerprint density at radius 1 is 1.17 bits per heavy atom. The lowest BCUT2D eigenvalue weighted by Gasteiger charge is -2.33. The first-order chi connectivity index (χ1) is 11.7. The Kier molecular flexibility index (Phi) is 4.19. The summed E-state index contributed by atoms with van der Waals surface area (Å²) in [5.74, 6) is 2.51. The first kappa shape index (κ1) is 15.9. The Balaban J connectivity index is 1.29. The van der Waals surface area contributed by atoms with E-state index in [9.17, 15) is 4.79 Å². The molecule has 4 saturated carbocycles. The highest BCUT2D eigenvalue weighted by atomic mass is 16.5. The number of hydroxylamine groups is 1. The summed E-state index contributed by atoms with van der Waals surface area (Å²) in [4.78, 5) is 11.0. The van der Waals surface area contributed by atoms with Crippen LogP contribution < -0.4 is 10.8 Å². The molecule has 4 aliphatic rings. The van der Waals surface area contributed by atoms with Gasteiger partial charge in [-0.25, -0.2) is 5.48 Å². The van der Waals surface area contributed by atoms with E-state index in [2.05, 4.69) is 17.4 Å². The summed E-state index contributed by atoms with van der Waals surface area (Å²) in [6.07, 6.45) is 10.4. The van der Waals surface area contributed by atoms with E-state index in [-0.39, 0.29) is 0 Å². The van der Waals surface area contributed by atoms with E-state index in [0.29, 0.717) is 5.41 Å². The van der Waals surface area contributed by atoms with Crippen LogP contribution in [0.4, 0.5) is 0 Å². The normalized spacial score (nSPS) is 33.5. The Bertz CT molecular complexity index is 624. The lowest BCUT2D eigenvalue weighted by Crippen LogP contribution is -2.35. The van der Waals surface area contributed by atoms with E-state index in [1.54, 1.807) is 11.6 Å². The van der Waals surface area contributed by atoms with Crippen molar-refractivity contribution in [3.05, 3.63) is 41.5 Å². The summed E-state index contributed by atoms with van der Waals surface area (Å²) >= 11 is 0. The van der Waals surface area contributed by atoms with Gasteiger partial charge >= 0.3 is 0 Å².